The lowest BCUT2D eigenvalue weighted by Gasteiger charge is -2.30. The number of carbonyl (C=O) groups is 1. The Morgan fingerprint density at radius 1 is 1.43 bits per heavy atom. The van der Waals surface area contributed by atoms with E-state index in [1.165, 1.54) is 6.92 Å². The van der Waals surface area contributed by atoms with E-state index in [-0.39, 0.29) is 23.7 Å². The highest BCUT2D eigenvalue weighted by Crippen LogP contribution is 2.32. The van der Waals surface area contributed by atoms with E-state index in [1.54, 1.807) is 4.90 Å². The largest absolute Gasteiger partial charge is 0.459 e. The molecule has 0 amide bonds. The molecule has 0 spiro atoms. The number of alkyl halides is 3. The predicted molar refractivity (Wildman–Crippen MR) is 75.7 cm³/mol. The smallest absolute Gasteiger partial charge is 0.417 e. The van der Waals surface area contributed by atoms with E-state index in [0.29, 0.717) is 32.5 Å². The van der Waals surface area contributed by atoms with E-state index in [9.17, 15) is 18.0 Å². The Hall–Kier alpha value is -2.16. The average molecular weight is 331 g/mol. The molecule has 0 aromatic carbocycles. The number of esters is 1. The van der Waals surface area contributed by atoms with Crippen molar-refractivity contribution in [3.8, 4) is 0 Å². The molecule has 1 aromatic rings. The summed E-state index contributed by atoms with van der Waals surface area (Å²) >= 11 is 0. The van der Waals surface area contributed by atoms with Crippen molar-refractivity contribution in [2.45, 2.75) is 13.1 Å². The number of carbonyl (C=O) groups excluding carboxylic acids is 1. The minimum Gasteiger partial charge on any atom is -0.459 e. The molecule has 2 heterocycles. The van der Waals surface area contributed by atoms with E-state index < -0.39 is 17.7 Å². The van der Waals surface area contributed by atoms with Gasteiger partial charge in [0.15, 0.2) is 0 Å². The van der Waals surface area contributed by atoms with Gasteiger partial charge in [0, 0.05) is 26.2 Å². The third-order valence-corrected chi connectivity index (χ3v) is 3.25. The van der Waals surface area contributed by atoms with Crippen LogP contribution in [0.25, 0.3) is 0 Å². The van der Waals surface area contributed by atoms with Crippen LogP contribution in [-0.2, 0) is 20.4 Å². The second-order valence-corrected chi connectivity index (χ2v) is 4.95. The maximum absolute atomic E-state index is 12.9. The maximum atomic E-state index is 12.9. The van der Waals surface area contributed by atoms with Crippen molar-refractivity contribution < 1.29 is 27.4 Å². The molecule has 0 bridgehead atoms. The zero-order valence-electron chi connectivity index (χ0n) is 12.4. The predicted octanol–water partition coefficient (Wildman–Crippen LogP) is 1.87. The van der Waals surface area contributed by atoms with Crippen molar-refractivity contribution in [1.82, 2.24) is 4.98 Å². The van der Waals surface area contributed by atoms with Gasteiger partial charge in [-0.25, -0.2) is 0 Å². The molecule has 1 aliphatic rings. The van der Waals surface area contributed by atoms with Crippen LogP contribution in [-0.4, -0.2) is 49.6 Å². The second kappa shape index (κ2) is 6.95. The molecule has 0 atom stereocenters. The highest BCUT2D eigenvalue weighted by Gasteiger charge is 2.33. The SMILES string of the molecule is CC(=O)OCC(=N)c1ncc(C(F)(F)F)cc1N1CCOCC1. The fraction of sp³-hybridized carbons (Fsp3) is 0.500. The molecule has 6 nitrogen and oxygen atoms in total. The van der Waals surface area contributed by atoms with Gasteiger partial charge in [-0.15, -0.1) is 0 Å². The number of hydrogen-bond donors (Lipinski definition) is 1. The van der Waals surface area contributed by atoms with Crippen LogP contribution in [0.2, 0.25) is 0 Å². The zero-order chi connectivity index (χ0) is 17.0. The Kier molecular flexibility index (Phi) is 5.19. The lowest BCUT2D eigenvalue weighted by molar-refractivity contribution is -0.139. The summed E-state index contributed by atoms with van der Waals surface area (Å²) in [6.45, 7) is 2.41. The zero-order valence-corrected chi connectivity index (χ0v) is 12.4. The Balaban J connectivity index is 2.35. The minimum atomic E-state index is -4.52. The Morgan fingerprint density at radius 2 is 2.09 bits per heavy atom. The van der Waals surface area contributed by atoms with Crippen molar-refractivity contribution in [3.63, 3.8) is 0 Å². The molecule has 0 saturated carbocycles. The molecular formula is C14H16F3N3O3. The number of pyridine rings is 1. The van der Waals surface area contributed by atoms with Crippen LogP contribution in [0.15, 0.2) is 12.3 Å². The standard InChI is InChI=1S/C14H16F3N3O3/c1-9(21)23-8-11(18)13-12(20-2-4-22-5-3-20)6-10(7-19-13)14(15,16)17/h6-7,18H,2-5,8H2,1H3. The maximum Gasteiger partial charge on any atom is 0.417 e. The average Bonchev–Trinajstić information content (AvgIpc) is 2.52. The molecule has 1 N–H and O–H groups in total. The summed E-state index contributed by atoms with van der Waals surface area (Å²) < 4.78 is 48.7. The Bertz CT molecular complexity index is 599. The molecule has 0 aliphatic carbocycles. The van der Waals surface area contributed by atoms with Crippen molar-refractivity contribution in [2.24, 2.45) is 0 Å². The molecule has 0 unspecified atom stereocenters. The monoisotopic (exact) mass is 331 g/mol. The topological polar surface area (TPSA) is 75.5 Å². The number of hydrogen-bond acceptors (Lipinski definition) is 6. The van der Waals surface area contributed by atoms with Gasteiger partial charge in [0.05, 0.1) is 30.2 Å². The molecule has 126 valence electrons. The van der Waals surface area contributed by atoms with Crippen LogP contribution in [0.4, 0.5) is 18.9 Å². The number of ether oxygens (including phenoxy) is 2. The van der Waals surface area contributed by atoms with Crippen LogP contribution < -0.4 is 4.90 Å². The summed E-state index contributed by atoms with van der Waals surface area (Å²) in [5, 5.41) is 7.93. The van der Waals surface area contributed by atoms with E-state index in [0.717, 1.165) is 6.07 Å². The van der Waals surface area contributed by atoms with Crippen molar-refractivity contribution in [2.75, 3.05) is 37.8 Å². The first-order chi connectivity index (χ1) is 10.8. The number of anilines is 1. The molecule has 1 fully saturated rings. The van der Waals surface area contributed by atoms with E-state index in [1.807, 2.05) is 0 Å². The number of nitrogens with zero attached hydrogens (tertiary/aromatic N) is 2. The first-order valence-electron chi connectivity index (χ1n) is 6.90. The van der Waals surface area contributed by atoms with E-state index in [2.05, 4.69) is 4.98 Å². The summed E-state index contributed by atoms with van der Waals surface area (Å²) in [6.07, 6.45) is -3.84. The molecule has 9 heteroatoms. The number of morpholine rings is 1. The lowest BCUT2D eigenvalue weighted by Crippen LogP contribution is -2.37. The highest BCUT2D eigenvalue weighted by molar-refractivity contribution is 6.02. The van der Waals surface area contributed by atoms with Gasteiger partial charge >= 0.3 is 12.1 Å². The number of aromatic nitrogens is 1. The number of rotatable bonds is 4. The molecule has 23 heavy (non-hydrogen) atoms. The van der Waals surface area contributed by atoms with Crippen molar-refractivity contribution >= 4 is 17.4 Å². The fourth-order valence-electron chi connectivity index (χ4n) is 2.13. The quantitative estimate of drug-likeness (QED) is 0.673. The Morgan fingerprint density at radius 3 is 2.65 bits per heavy atom. The third kappa shape index (κ3) is 4.41. The molecule has 1 aliphatic heterocycles. The van der Waals surface area contributed by atoms with E-state index in [4.69, 9.17) is 14.9 Å². The summed E-state index contributed by atoms with van der Waals surface area (Å²) in [5.41, 5.74) is -0.778. The highest BCUT2D eigenvalue weighted by atomic mass is 19.4. The van der Waals surface area contributed by atoms with Gasteiger partial charge in [-0.3, -0.25) is 15.2 Å². The number of halogens is 3. The van der Waals surface area contributed by atoms with Crippen molar-refractivity contribution in [3.05, 3.63) is 23.5 Å². The summed E-state index contributed by atoms with van der Waals surface area (Å²) in [4.78, 5) is 16.3. The van der Waals surface area contributed by atoms with Crippen LogP contribution in [0.1, 0.15) is 18.2 Å². The fourth-order valence-corrected chi connectivity index (χ4v) is 2.13. The van der Waals surface area contributed by atoms with Crippen LogP contribution in [0.5, 0.6) is 0 Å². The van der Waals surface area contributed by atoms with Gasteiger partial charge in [0.2, 0.25) is 0 Å². The van der Waals surface area contributed by atoms with Gasteiger partial charge in [0.1, 0.15) is 12.3 Å². The molecule has 1 aromatic heterocycles. The van der Waals surface area contributed by atoms with Gasteiger partial charge in [-0.2, -0.15) is 13.2 Å². The Labute approximate surface area is 130 Å². The van der Waals surface area contributed by atoms with Crippen LogP contribution in [0, 0.1) is 5.41 Å². The van der Waals surface area contributed by atoms with Crippen LogP contribution >= 0.6 is 0 Å². The molecular weight excluding hydrogens is 315 g/mol. The third-order valence-electron chi connectivity index (χ3n) is 3.25. The molecule has 1 saturated heterocycles. The second-order valence-electron chi connectivity index (χ2n) is 4.95. The van der Waals surface area contributed by atoms with Gasteiger partial charge in [0.25, 0.3) is 0 Å². The van der Waals surface area contributed by atoms with E-state index >= 15 is 0 Å². The number of nitrogens with one attached hydrogen (secondary N) is 1. The summed E-state index contributed by atoms with van der Waals surface area (Å²) in [6, 6.07) is 0.968. The van der Waals surface area contributed by atoms with Crippen LogP contribution in [0.3, 0.4) is 0 Å². The lowest BCUT2D eigenvalue weighted by atomic mass is 10.1. The first-order valence-corrected chi connectivity index (χ1v) is 6.90. The molecule has 2 rings (SSSR count). The first kappa shape index (κ1) is 17.2. The molecule has 0 radical (unpaired) electrons. The minimum absolute atomic E-state index is 0.0705. The van der Waals surface area contributed by atoms with Gasteiger partial charge < -0.3 is 14.4 Å². The summed E-state index contributed by atoms with van der Waals surface area (Å²) in [5.74, 6) is -0.574. The normalized spacial score (nSPS) is 15.4. The van der Waals surface area contributed by atoms with Crippen molar-refractivity contribution in [1.29, 1.82) is 5.41 Å². The van der Waals surface area contributed by atoms with Gasteiger partial charge in [-0.1, -0.05) is 0 Å². The summed E-state index contributed by atoms with van der Waals surface area (Å²) in [7, 11) is 0. The van der Waals surface area contributed by atoms with Gasteiger partial charge in [-0.05, 0) is 6.07 Å².